The van der Waals surface area contributed by atoms with Crippen LogP contribution in [0.25, 0.3) is 0 Å². The Kier molecular flexibility index (Phi) is 6.00. The Bertz CT molecular complexity index is 1200. The molecule has 3 aromatic rings. The zero-order valence-corrected chi connectivity index (χ0v) is 18.3. The molecule has 1 amide bonds. The SMILES string of the molecule is O=C(c1ccc(F)cc1)N1CCCCC1c1nc2c(c(=O)[nH]1)CN(Cc1cccnc1)CC2. The Labute approximate surface area is 191 Å². The summed E-state index contributed by atoms with van der Waals surface area (Å²) in [6, 6.07) is 9.25. The van der Waals surface area contributed by atoms with Gasteiger partial charge in [-0.25, -0.2) is 9.37 Å². The van der Waals surface area contributed by atoms with Crippen molar-refractivity contribution in [3.63, 3.8) is 0 Å². The number of hydrogen-bond donors (Lipinski definition) is 1. The molecule has 33 heavy (non-hydrogen) atoms. The van der Waals surface area contributed by atoms with E-state index >= 15 is 0 Å². The molecule has 1 saturated heterocycles. The van der Waals surface area contributed by atoms with E-state index in [2.05, 4.69) is 14.9 Å². The molecule has 0 radical (unpaired) electrons. The second kappa shape index (κ2) is 9.23. The van der Waals surface area contributed by atoms with Gasteiger partial charge in [0.05, 0.1) is 17.3 Å². The van der Waals surface area contributed by atoms with Crippen LogP contribution in [0, 0.1) is 5.82 Å². The number of pyridine rings is 1. The number of halogens is 1. The van der Waals surface area contributed by atoms with E-state index in [1.165, 1.54) is 24.3 Å². The smallest absolute Gasteiger partial charge is 0.255 e. The number of aromatic nitrogens is 3. The van der Waals surface area contributed by atoms with Crippen LogP contribution in [0.2, 0.25) is 0 Å². The fourth-order valence-electron chi connectivity index (χ4n) is 4.76. The van der Waals surface area contributed by atoms with E-state index in [1.54, 1.807) is 11.1 Å². The van der Waals surface area contributed by atoms with Crippen molar-refractivity contribution < 1.29 is 9.18 Å². The highest BCUT2D eigenvalue weighted by Crippen LogP contribution is 2.31. The lowest BCUT2D eigenvalue weighted by atomic mass is 9.99. The molecule has 0 aliphatic carbocycles. The number of carbonyl (C=O) groups is 1. The zero-order chi connectivity index (χ0) is 22.8. The van der Waals surface area contributed by atoms with E-state index in [4.69, 9.17) is 4.98 Å². The number of benzene rings is 1. The van der Waals surface area contributed by atoms with Crippen molar-refractivity contribution in [1.82, 2.24) is 24.8 Å². The van der Waals surface area contributed by atoms with Crippen molar-refractivity contribution in [3.05, 3.63) is 93.2 Å². The minimum Gasteiger partial charge on any atom is -0.328 e. The van der Waals surface area contributed by atoms with E-state index in [-0.39, 0.29) is 23.3 Å². The van der Waals surface area contributed by atoms with E-state index < -0.39 is 0 Å². The predicted octanol–water partition coefficient (Wildman–Crippen LogP) is 3.23. The first-order valence-electron chi connectivity index (χ1n) is 11.4. The van der Waals surface area contributed by atoms with Crippen molar-refractivity contribution in [1.29, 1.82) is 0 Å². The minimum atomic E-state index is -0.375. The van der Waals surface area contributed by atoms with Gasteiger partial charge in [-0.3, -0.25) is 19.5 Å². The first-order valence-corrected chi connectivity index (χ1v) is 11.4. The van der Waals surface area contributed by atoms with Crippen molar-refractivity contribution in [2.24, 2.45) is 0 Å². The fraction of sp³-hybridized carbons (Fsp3) is 0.360. The molecule has 1 aromatic carbocycles. The van der Waals surface area contributed by atoms with Crippen molar-refractivity contribution in [2.75, 3.05) is 13.1 Å². The van der Waals surface area contributed by atoms with Crippen molar-refractivity contribution in [2.45, 2.75) is 44.8 Å². The van der Waals surface area contributed by atoms with Crippen LogP contribution in [-0.4, -0.2) is 43.7 Å². The maximum atomic E-state index is 13.3. The maximum absolute atomic E-state index is 13.3. The molecule has 4 heterocycles. The van der Waals surface area contributed by atoms with Crippen LogP contribution in [0.4, 0.5) is 4.39 Å². The molecule has 2 aliphatic heterocycles. The third-order valence-corrected chi connectivity index (χ3v) is 6.47. The molecule has 2 aliphatic rings. The van der Waals surface area contributed by atoms with Crippen LogP contribution in [0.3, 0.4) is 0 Å². The highest BCUT2D eigenvalue weighted by atomic mass is 19.1. The molecule has 1 N–H and O–H groups in total. The first-order chi connectivity index (χ1) is 16.1. The number of likely N-dealkylation sites (tertiary alicyclic amines) is 1. The number of fused-ring (bicyclic) bond motifs is 1. The molecule has 0 spiro atoms. The van der Waals surface area contributed by atoms with Crippen LogP contribution in [0.5, 0.6) is 0 Å². The molecule has 1 fully saturated rings. The lowest BCUT2D eigenvalue weighted by Gasteiger charge is -2.36. The zero-order valence-electron chi connectivity index (χ0n) is 18.3. The van der Waals surface area contributed by atoms with Gasteiger partial charge in [0.25, 0.3) is 11.5 Å². The van der Waals surface area contributed by atoms with Gasteiger partial charge in [-0.2, -0.15) is 0 Å². The first kappa shape index (κ1) is 21.5. The second-order valence-corrected chi connectivity index (χ2v) is 8.72. The number of hydrogen-bond acceptors (Lipinski definition) is 5. The summed E-state index contributed by atoms with van der Waals surface area (Å²) in [6.45, 7) is 2.66. The highest BCUT2D eigenvalue weighted by molar-refractivity contribution is 5.94. The average Bonchev–Trinajstić information content (AvgIpc) is 2.85. The highest BCUT2D eigenvalue weighted by Gasteiger charge is 2.32. The Morgan fingerprint density at radius 3 is 2.79 bits per heavy atom. The Hall–Kier alpha value is -3.39. The Balaban J connectivity index is 1.38. The lowest BCUT2D eigenvalue weighted by molar-refractivity contribution is 0.0598. The summed E-state index contributed by atoms with van der Waals surface area (Å²) >= 11 is 0. The van der Waals surface area contributed by atoms with Gasteiger partial charge in [-0.15, -0.1) is 0 Å². The molecule has 170 valence electrons. The van der Waals surface area contributed by atoms with E-state index in [0.29, 0.717) is 36.5 Å². The number of amides is 1. The largest absolute Gasteiger partial charge is 0.328 e. The second-order valence-electron chi connectivity index (χ2n) is 8.72. The van der Waals surface area contributed by atoms with Gasteiger partial charge in [-0.1, -0.05) is 6.07 Å². The minimum absolute atomic E-state index is 0.134. The number of rotatable bonds is 4. The molecule has 2 aromatic heterocycles. The third kappa shape index (κ3) is 4.57. The Morgan fingerprint density at radius 1 is 1.15 bits per heavy atom. The summed E-state index contributed by atoms with van der Waals surface area (Å²) in [7, 11) is 0. The molecule has 0 saturated carbocycles. The van der Waals surface area contributed by atoms with Crippen molar-refractivity contribution in [3.8, 4) is 0 Å². The van der Waals surface area contributed by atoms with Crippen LogP contribution in [-0.2, 0) is 19.5 Å². The van der Waals surface area contributed by atoms with Gasteiger partial charge in [0.1, 0.15) is 11.6 Å². The average molecular weight is 448 g/mol. The van der Waals surface area contributed by atoms with Crippen LogP contribution in [0.1, 0.15) is 58.3 Å². The van der Waals surface area contributed by atoms with Gasteiger partial charge >= 0.3 is 0 Å². The van der Waals surface area contributed by atoms with Crippen LogP contribution >= 0.6 is 0 Å². The number of nitrogens with one attached hydrogen (secondary N) is 1. The molecule has 7 nitrogen and oxygen atoms in total. The van der Waals surface area contributed by atoms with Gasteiger partial charge in [0, 0.05) is 50.6 Å². The summed E-state index contributed by atoms with van der Waals surface area (Å²) in [5.41, 5.74) is 2.93. The van der Waals surface area contributed by atoms with E-state index in [9.17, 15) is 14.0 Å². The number of H-pyrrole nitrogens is 1. The number of nitrogens with zero attached hydrogens (tertiary/aromatic N) is 4. The van der Waals surface area contributed by atoms with Crippen LogP contribution < -0.4 is 5.56 Å². The molecule has 8 heteroatoms. The van der Waals surface area contributed by atoms with Gasteiger partial charge in [0.15, 0.2) is 0 Å². The predicted molar refractivity (Wildman–Crippen MR) is 121 cm³/mol. The third-order valence-electron chi connectivity index (χ3n) is 6.47. The summed E-state index contributed by atoms with van der Waals surface area (Å²) in [5, 5.41) is 0. The number of carbonyl (C=O) groups excluding carboxylic acids is 1. The summed E-state index contributed by atoms with van der Waals surface area (Å²) < 4.78 is 13.3. The van der Waals surface area contributed by atoms with E-state index in [0.717, 1.165) is 43.6 Å². The summed E-state index contributed by atoms with van der Waals surface area (Å²) in [4.78, 5) is 42.1. The van der Waals surface area contributed by atoms with Crippen molar-refractivity contribution >= 4 is 5.91 Å². The number of piperidine rings is 1. The molecule has 5 rings (SSSR count). The summed E-state index contributed by atoms with van der Waals surface area (Å²) in [6.07, 6.45) is 6.86. The normalized spacial score (nSPS) is 18.7. The fourth-order valence-corrected chi connectivity index (χ4v) is 4.76. The topological polar surface area (TPSA) is 82.2 Å². The molecular weight excluding hydrogens is 421 g/mol. The molecule has 1 atom stereocenters. The quantitative estimate of drug-likeness (QED) is 0.664. The Morgan fingerprint density at radius 2 is 2.00 bits per heavy atom. The van der Waals surface area contributed by atoms with Gasteiger partial charge < -0.3 is 9.88 Å². The lowest BCUT2D eigenvalue weighted by Crippen LogP contribution is -2.41. The van der Waals surface area contributed by atoms with E-state index in [1.807, 2.05) is 18.3 Å². The molecule has 1 unspecified atom stereocenters. The molecular formula is C25H26FN5O2. The monoisotopic (exact) mass is 447 g/mol. The maximum Gasteiger partial charge on any atom is 0.255 e. The molecule has 0 bridgehead atoms. The standard InChI is InChI=1S/C25H26FN5O2/c26-19-8-6-18(7-9-19)25(33)31-12-2-1-5-22(31)23-28-21-10-13-30(16-20(21)24(32)29-23)15-17-4-3-11-27-14-17/h3-4,6-9,11,14,22H,1-2,5,10,12-13,15-16H2,(H,28,29,32). The van der Waals surface area contributed by atoms with Crippen LogP contribution in [0.15, 0.2) is 53.6 Å². The number of aromatic amines is 1. The summed E-state index contributed by atoms with van der Waals surface area (Å²) in [5.74, 6) is 0.0114. The van der Waals surface area contributed by atoms with Gasteiger partial charge in [0.2, 0.25) is 0 Å². The van der Waals surface area contributed by atoms with Gasteiger partial charge in [-0.05, 0) is 55.2 Å².